The summed E-state index contributed by atoms with van der Waals surface area (Å²) in [6.07, 6.45) is 1.90. The molecule has 0 atom stereocenters. The molecule has 114 valence electrons. The number of halogens is 1. The number of thiazole rings is 1. The summed E-state index contributed by atoms with van der Waals surface area (Å²) in [4.78, 5) is 5.63. The van der Waals surface area contributed by atoms with Gasteiger partial charge in [-0.3, -0.25) is 0 Å². The molecule has 0 aliphatic rings. The molecule has 0 unspecified atom stereocenters. The van der Waals surface area contributed by atoms with Gasteiger partial charge in [-0.1, -0.05) is 26.8 Å². The molecule has 0 fully saturated rings. The van der Waals surface area contributed by atoms with Crippen LogP contribution in [0.2, 0.25) is 0 Å². The summed E-state index contributed by atoms with van der Waals surface area (Å²) in [6.45, 7) is 7.55. The maximum absolute atomic E-state index is 13.3. The largest absolute Gasteiger partial charge is 0.392 e. The highest BCUT2D eigenvalue weighted by molar-refractivity contribution is 7.11. The quantitative estimate of drug-likeness (QED) is 0.890. The number of rotatable bonds is 5. The first-order valence-corrected chi connectivity index (χ1v) is 7.76. The van der Waals surface area contributed by atoms with Crippen LogP contribution in [0.5, 0.6) is 0 Å². The van der Waals surface area contributed by atoms with Crippen molar-refractivity contribution in [2.24, 2.45) is 0 Å². The minimum absolute atomic E-state index is 0.0793. The van der Waals surface area contributed by atoms with E-state index in [1.165, 1.54) is 10.9 Å². The Hall–Kier alpha value is -1.30. The Labute approximate surface area is 128 Å². The van der Waals surface area contributed by atoms with Crippen molar-refractivity contribution in [3.63, 3.8) is 0 Å². The Bertz CT molecular complexity index is 605. The molecule has 0 bridgehead atoms. The van der Waals surface area contributed by atoms with Crippen molar-refractivity contribution in [2.75, 3.05) is 0 Å². The van der Waals surface area contributed by atoms with E-state index < -0.39 is 0 Å². The molecule has 2 aromatic rings. The van der Waals surface area contributed by atoms with E-state index in [-0.39, 0.29) is 17.8 Å². The van der Waals surface area contributed by atoms with Crippen LogP contribution in [0.1, 0.15) is 41.8 Å². The monoisotopic (exact) mass is 308 g/mol. The van der Waals surface area contributed by atoms with Crippen molar-refractivity contribution in [1.29, 1.82) is 0 Å². The molecule has 0 saturated heterocycles. The van der Waals surface area contributed by atoms with Gasteiger partial charge in [0.1, 0.15) is 5.82 Å². The fraction of sp³-hybridized carbons (Fsp3) is 0.438. The Morgan fingerprint density at radius 2 is 2.05 bits per heavy atom. The lowest BCUT2D eigenvalue weighted by molar-refractivity contribution is 0.275. The van der Waals surface area contributed by atoms with E-state index in [0.29, 0.717) is 12.1 Å². The molecule has 1 heterocycles. The molecule has 3 nitrogen and oxygen atoms in total. The molecule has 0 spiro atoms. The number of hydrogen-bond acceptors (Lipinski definition) is 4. The van der Waals surface area contributed by atoms with Gasteiger partial charge in [-0.05, 0) is 17.7 Å². The predicted molar refractivity (Wildman–Crippen MR) is 83.7 cm³/mol. The van der Waals surface area contributed by atoms with Gasteiger partial charge in [0.25, 0.3) is 0 Å². The highest BCUT2D eigenvalue weighted by atomic mass is 32.1. The van der Waals surface area contributed by atoms with E-state index in [0.717, 1.165) is 17.1 Å². The number of aliphatic hydroxyl groups is 1. The molecule has 1 aromatic carbocycles. The van der Waals surface area contributed by atoms with Crippen LogP contribution in [0.4, 0.5) is 4.39 Å². The van der Waals surface area contributed by atoms with Crippen LogP contribution in [0.15, 0.2) is 24.4 Å². The Morgan fingerprint density at radius 3 is 2.67 bits per heavy atom. The molecule has 2 N–H and O–H groups in total. The van der Waals surface area contributed by atoms with E-state index in [1.807, 2.05) is 6.20 Å². The zero-order valence-corrected chi connectivity index (χ0v) is 13.4. The van der Waals surface area contributed by atoms with Crippen LogP contribution >= 0.6 is 11.3 Å². The predicted octanol–water partition coefficient (Wildman–Crippen LogP) is 3.36. The molecule has 21 heavy (non-hydrogen) atoms. The Morgan fingerprint density at radius 1 is 1.29 bits per heavy atom. The van der Waals surface area contributed by atoms with Crippen LogP contribution in [0.25, 0.3) is 0 Å². The van der Waals surface area contributed by atoms with Crippen LogP contribution in [-0.2, 0) is 25.1 Å². The van der Waals surface area contributed by atoms with E-state index in [9.17, 15) is 4.39 Å². The summed E-state index contributed by atoms with van der Waals surface area (Å²) < 4.78 is 13.3. The summed E-state index contributed by atoms with van der Waals surface area (Å²) in [5.74, 6) is -0.362. The smallest absolute Gasteiger partial charge is 0.128 e. The zero-order valence-electron chi connectivity index (χ0n) is 12.6. The van der Waals surface area contributed by atoms with Crippen molar-refractivity contribution in [2.45, 2.75) is 45.9 Å². The second-order valence-corrected chi connectivity index (χ2v) is 7.18. The van der Waals surface area contributed by atoms with Gasteiger partial charge in [0.2, 0.25) is 0 Å². The van der Waals surface area contributed by atoms with Crippen molar-refractivity contribution >= 4 is 11.3 Å². The van der Waals surface area contributed by atoms with E-state index in [1.54, 1.807) is 23.5 Å². The first-order valence-electron chi connectivity index (χ1n) is 6.94. The summed E-state index contributed by atoms with van der Waals surface area (Å²) >= 11 is 1.71. The van der Waals surface area contributed by atoms with Crippen molar-refractivity contribution < 1.29 is 9.50 Å². The third-order valence-electron chi connectivity index (χ3n) is 3.10. The molecule has 0 saturated carbocycles. The Balaban J connectivity index is 1.91. The Kier molecular flexibility index (Phi) is 5.08. The van der Waals surface area contributed by atoms with Crippen LogP contribution in [0, 0.1) is 5.82 Å². The van der Waals surface area contributed by atoms with Gasteiger partial charge in [-0.2, -0.15) is 0 Å². The summed E-state index contributed by atoms with van der Waals surface area (Å²) in [5.41, 5.74) is 1.37. The lowest BCUT2D eigenvalue weighted by atomic mass is 9.98. The molecule has 0 radical (unpaired) electrons. The summed E-state index contributed by atoms with van der Waals surface area (Å²) in [5, 5.41) is 13.5. The molecule has 1 aromatic heterocycles. The molecule has 0 aliphatic carbocycles. The van der Waals surface area contributed by atoms with Gasteiger partial charge in [0.05, 0.1) is 11.6 Å². The maximum Gasteiger partial charge on any atom is 0.128 e. The number of aliphatic hydroxyl groups excluding tert-OH is 1. The van der Waals surface area contributed by atoms with E-state index >= 15 is 0 Å². The van der Waals surface area contributed by atoms with Gasteiger partial charge in [0.15, 0.2) is 0 Å². The number of hydrogen-bond donors (Lipinski definition) is 2. The topological polar surface area (TPSA) is 45.2 Å². The number of aromatic nitrogens is 1. The second-order valence-electron chi connectivity index (χ2n) is 6.07. The number of nitrogens with one attached hydrogen (secondary N) is 1. The summed E-state index contributed by atoms with van der Waals surface area (Å²) in [6, 6.07) is 4.82. The lowest BCUT2D eigenvalue weighted by Crippen LogP contribution is -2.12. The minimum atomic E-state index is -0.362. The van der Waals surface area contributed by atoms with Crippen LogP contribution < -0.4 is 5.32 Å². The first kappa shape index (κ1) is 16.1. The van der Waals surface area contributed by atoms with Crippen LogP contribution in [0.3, 0.4) is 0 Å². The molecular formula is C16H21FN2OS. The lowest BCUT2D eigenvalue weighted by Gasteiger charge is -2.13. The average Bonchev–Trinajstić information content (AvgIpc) is 2.89. The van der Waals surface area contributed by atoms with Gasteiger partial charge < -0.3 is 10.4 Å². The molecule has 2 rings (SSSR count). The molecular weight excluding hydrogens is 287 g/mol. The average molecular weight is 308 g/mol. The third-order valence-corrected chi connectivity index (χ3v) is 4.53. The standard InChI is InChI=1S/C16H21FN2OS/c1-16(2,3)15-19-9-13(21-15)8-18-7-11-4-5-14(17)12(6-11)10-20/h4-6,9,18,20H,7-8,10H2,1-3H3. The highest BCUT2D eigenvalue weighted by Gasteiger charge is 2.17. The van der Waals surface area contributed by atoms with Gasteiger partial charge in [-0.25, -0.2) is 9.37 Å². The normalized spacial score (nSPS) is 11.9. The fourth-order valence-corrected chi connectivity index (χ4v) is 2.86. The second kappa shape index (κ2) is 6.64. The third kappa shape index (κ3) is 4.33. The minimum Gasteiger partial charge on any atom is -0.392 e. The highest BCUT2D eigenvalue weighted by Crippen LogP contribution is 2.26. The van der Waals surface area contributed by atoms with Gasteiger partial charge in [0, 0.05) is 35.1 Å². The molecule has 0 aliphatic heterocycles. The van der Waals surface area contributed by atoms with Gasteiger partial charge >= 0.3 is 0 Å². The number of nitrogens with zero attached hydrogens (tertiary/aromatic N) is 1. The van der Waals surface area contributed by atoms with Crippen molar-refractivity contribution in [3.05, 3.63) is 51.2 Å². The zero-order chi connectivity index (χ0) is 15.5. The SMILES string of the molecule is CC(C)(C)c1ncc(CNCc2ccc(F)c(CO)c2)s1. The van der Waals surface area contributed by atoms with Crippen LogP contribution in [-0.4, -0.2) is 10.1 Å². The first-order chi connectivity index (χ1) is 9.90. The molecule has 5 heteroatoms. The van der Waals surface area contributed by atoms with Crippen molar-refractivity contribution in [3.8, 4) is 0 Å². The summed E-state index contributed by atoms with van der Waals surface area (Å²) in [7, 11) is 0. The van der Waals surface area contributed by atoms with Gasteiger partial charge in [-0.15, -0.1) is 11.3 Å². The molecule has 0 amide bonds. The van der Waals surface area contributed by atoms with E-state index in [4.69, 9.17) is 5.11 Å². The van der Waals surface area contributed by atoms with E-state index in [2.05, 4.69) is 31.1 Å². The van der Waals surface area contributed by atoms with Crippen molar-refractivity contribution in [1.82, 2.24) is 10.3 Å². The maximum atomic E-state index is 13.3. The fourth-order valence-electron chi connectivity index (χ4n) is 1.93. The number of benzene rings is 1.